The van der Waals surface area contributed by atoms with Crippen LogP contribution in [0.3, 0.4) is 0 Å². The van der Waals surface area contributed by atoms with Crippen molar-refractivity contribution in [3.8, 4) is 0 Å². The van der Waals surface area contributed by atoms with Crippen LogP contribution in [0.2, 0.25) is 0 Å². The Hall–Kier alpha value is -1.69. The van der Waals surface area contributed by atoms with Gasteiger partial charge in [-0.1, -0.05) is 19.1 Å². The van der Waals surface area contributed by atoms with Gasteiger partial charge in [0, 0.05) is 38.0 Å². The molecule has 1 N–H and O–H groups in total. The monoisotopic (exact) mass is 347 g/mol. The van der Waals surface area contributed by atoms with Gasteiger partial charge in [-0.15, -0.1) is 11.8 Å². The lowest BCUT2D eigenvalue weighted by Crippen LogP contribution is -2.46. The maximum absolute atomic E-state index is 12.5. The maximum atomic E-state index is 12.5. The van der Waals surface area contributed by atoms with Crippen molar-refractivity contribution in [2.45, 2.75) is 38.8 Å². The summed E-state index contributed by atoms with van der Waals surface area (Å²) >= 11 is 1.64. The quantitative estimate of drug-likeness (QED) is 0.905. The van der Waals surface area contributed by atoms with E-state index in [0.717, 1.165) is 18.5 Å². The van der Waals surface area contributed by atoms with Gasteiger partial charge in [0.05, 0.1) is 5.88 Å². The van der Waals surface area contributed by atoms with E-state index in [1.54, 1.807) is 16.7 Å². The van der Waals surface area contributed by atoms with Crippen LogP contribution >= 0.6 is 11.8 Å². The lowest BCUT2D eigenvalue weighted by atomic mass is 9.99. The van der Waals surface area contributed by atoms with E-state index in [-0.39, 0.29) is 17.9 Å². The van der Waals surface area contributed by atoms with Gasteiger partial charge in [0.1, 0.15) is 6.04 Å². The van der Waals surface area contributed by atoms with E-state index in [4.69, 9.17) is 0 Å². The highest BCUT2D eigenvalue weighted by molar-refractivity contribution is 7.99. The number of carbonyl (C=O) groups excluding carboxylic acids is 2. The molecule has 1 atom stereocenters. The molecule has 1 aromatic rings. The Balaban J connectivity index is 1.61. The summed E-state index contributed by atoms with van der Waals surface area (Å²) in [6.07, 6.45) is 2.72. The van der Waals surface area contributed by atoms with Gasteiger partial charge in [-0.2, -0.15) is 0 Å². The Morgan fingerprint density at radius 1 is 1.38 bits per heavy atom. The number of thioether (sulfide) groups is 1. The fraction of sp³-hybridized carbons (Fsp3) is 0.556. The summed E-state index contributed by atoms with van der Waals surface area (Å²) in [5.41, 5.74) is 3.77. The van der Waals surface area contributed by atoms with Crippen molar-refractivity contribution < 1.29 is 9.59 Å². The molecule has 0 saturated carbocycles. The third-order valence-electron chi connectivity index (χ3n) is 4.77. The molecular weight excluding hydrogens is 322 g/mol. The van der Waals surface area contributed by atoms with Gasteiger partial charge >= 0.3 is 0 Å². The Morgan fingerprint density at radius 3 is 3.00 bits per heavy atom. The zero-order valence-corrected chi connectivity index (χ0v) is 15.2. The summed E-state index contributed by atoms with van der Waals surface area (Å²) < 4.78 is 0. The number of amides is 2. The molecule has 0 bridgehead atoms. The minimum absolute atomic E-state index is 0.0448. The highest BCUT2D eigenvalue weighted by atomic mass is 32.2. The minimum Gasteiger partial charge on any atom is -0.374 e. The van der Waals surface area contributed by atoms with Crippen LogP contribution in [0.5, 0.6) is 0 Å². The summed E-state index contributed by atoms with van der Waals surface area (Å²) in [7, 11) is 2.12. The zero-order chi connectivity index (χ0) is 17.1. The first-order chi connectivity index (χ1) is 11.6. The maximum Gasteiger partial charge on any atom is 0.243 e. The number of nitrogens with one attached hydrogen (secondary N) is 1. The van der Waals surface area contributed by atoms with Gasteiger partial charge in [0.2, 0.25) is 11.8 Å². The van der Waals surface area contributed by atoms with Gasteiger partial charge < -0.3 is 15.1 Å². The molecule has 2 amide bonds. The molecule has 2 aliphatic rings. The van der Waals surface area contributed by atoms with Gasteiger partial charge in [0.15, 0.2) is 0 Å². The summed E-state index contributed by atoms with van der Waals surface area (Å²) in [6, 6.07) is 6.10. The molecular formula is C18H25N3O2S. The summed E-state index contributed by atoms with van der Waals surface area (Å²) in [4.78, 5) is 28.4. The van der Waals surface area contributed by atoms with E-state index >= 15 is 0 Å². The predicted molar refractivity (Wildman–Crippen MR) is 98.1 cm³/mol. The van der Waals surface area contributed by atoms with Crippen LogP contribution in [0.15, 0.2) is 18.2 Å². The molecule has 1 aromatic carbocycles. The van der Waals surface area contributed by atoms with E-state index in [2.05, 4.69) is 35.5 Å². The highest BCUT2D eigenvalue weighted by Gasteiger charge is 2.33. The van der Waals surface area contributed by atoms with Crippen molar-refractivity contribution in [3.63, 3.8) is 0 Å². The third-order valence-corrected chi connectivity index (χ3v) is 5.78. The molecule has 1 saturated heterocycles. The molecule has 0 aliphatic carbocycles. The largest absolute Gasteiger partial charge is 0.374 e. The van der Waals surface area contributed by atoms with E-state index in [0.29, 0.717) is 24.6 Å². The molecule has 3 rings (SSSR count). The van der Waals surface area contributed by atoms with Crippen molar-refractivity contribution in [3.05, 3.63) is 29.3 Å². The fourth-order valence-corrected chi connectivity index (χ4v) is 4.54. The van der Waals surface area contributed by atoms with Crippen LogP contribution in [-0.2, 0) is 22.6 Å². The van der Waals surface area contributed by atoms with Gasteiger partial charge in [0.25, 0.3) is 0 Å². The fourth-order valence-electron chi connectivity index (χ4n) is 3.36. The third kappa shape index (κ3) is 3.53. The molecule has 1 fully saturated rings. The van der Waals surface area contributed by atoms with Crippen molar-refractivity contribution in [1.82, 2.24) is 10.2 Å². The Morgan fingerprint density at radius 2 is 2.21 bits per heavy atom. The van der Waals surface area contributed by atoms with Crippen molar-refractivity contribution in [1.29, 1.82) is 0 Å². The molecule has 0 spiro atoms. The van der Waals surface area contributed by atoms with Gasteiger partial charge in [-0.05, 0) is 30.0 Å². The van der Waals surface area contributed by atoms with Gasteiger partial charge in [-0.3, -0.25) is 9.59 Å². The molecule has 0 radical (unpaired) electrons. The molecule has 24 heavy (non-hydrogen) atoms. The molecule has 0 unspecified atom stereocenters. The molecule has 5 nitrogen and oxygen atoms in total. The normalized spacial score (nSPS) is 20.0. The number of rotatable bonds is 4. The van der Waals surface area contributed by atoms with Crippen LogP contribution in [0.4, 0.5) is 5.69 Å². The zero-order valence-electron chi connectivity index (χ0n) is 14.4. The van der Waals surface area contributed by atoms with Crippen molar-refractivity contribution >= 4 is 29.3 Å². The standard InChI is InChI=1S/C18H25N3O2S/c1-3-17(22)21-12-24-11-16(21)18(23)19-10-13-6-7-15-14(9-13)5-4-8-20(15)2/h6-7,9,16H,3-5,8,10-12H2,1-2H3,(H,19,23)/t16-/m1/s1. The Kier molecular flexibility index (Phi) is 5.33. The number of carbonyl (C=O) groups is 2. The van der Waals surface area contributed by atoms with Crippen LogP contribution in [0, 0.1) is 0 Å². The molecule has 2 aliphatic heterocycles. The van der Waals surface area contributed by atoms with Crippen LogP contribution in [0.25, 0.3) is 0 Å². The second-order valence-electron chi connectivity index (χ2n) is 6.44. The number of hydrogen-bond acceptors (Lipinski definition) is 4. The van der Waals surface area contributed by atoms with Crippen LogP contribution in [-0.4, -0.2) is 48.0 Å². The molecule has 6 heteroatoms. The molecule has 2 heterocycles. The first kappa shape index (κ1) is 17.1. The highest BCUT2D eigenvalue weighted by Crippen LogP contribution is 2.27. The summed E-state index contributed by atoms with van der Waals surface area (Å²) in [5.74, 6) is 1.32. The SMILES string of the molecule is CCC(=O)N1CSC[C@@H]1C(=O)NCc1ccc2c(c1)CCCN2C. The van der Waals surface area contributed by atoms with Crippen LogP contribution < -0.4 is 10.2 Å². The summed E-state index contributed by atoms with van der Waals surface area (Å²) in [6.45, 7) is 3.46. The van der Waals surface area contributed by atoms with E-state index < -0.39 is 0 Å². The van der Waals surface area contributed by atoms with E-state index in [1.807, 2.05) is 6.92 Å². The van der Waals surface area contributed by atoms with Crippen molar-refractivity contribution in [2.24, 2.45) is 0 Å². The number of benzene rings is 1. The van der Waals surface area contributed by atoms with Gasteiger partial charge in [-0.25, -0.2) is 0 Å². The average molecular weight is 347 g/mol. The Labute approximate surface area is 147 Å². The smallest absolute Gasteiger partial charge is 0.243 e. The van der Waals surface area contributed by atoms with E-state index in [1.165, 1.54) is 17.7 Å². The van der Waals surface area contributed by atoms with Crippen molar-refractivity contribution in [2.75, 3.05) is 30.1 Å². The number of anilines is 1. The average Bonchev–Trinajstić information content (AvgIpc) is 3.09. The van der Waals surface area contributed by atoms with Crippen LogP contribution in [0.1, 0.15) is 30.9 Å². The first-order valence-corrected chi connectivity index (χ1v) is 9.73. The second kappa shape index (κ2) is 7.47. The lowest BCUT2D eigenvalue weighted by Gasteiger charge is -2.28. The molecule has 0 aromatic heterocycles. The second-order valence-corrected chi connectivity index (χ2v) is 7.44. The lowest BCUT2D eigenvalue weighted by molar-refractivity contribution is -0.137. The predicted octanol–water partition coefficient (Wildman–Crippen LogP) is 2.00. The Bertz CT molecular complexity index is 635. The minimum atomic E-state index is -0.328. The number of nitrogens with zero attached hydrogens (tertiary/aromatic N) is 2. The molecule has 130 valence electrons. The number of hydrogen-bond donors (Lipinski definition) is 1. The number of aryl methyl sites for hydroxylation is 1. The van der Waals surface area contributed by atoms with E-state index in [9.17, 15) is 9.59 Å². The topological polar surface area (TPSA) is 52.7 Å². The first-order valence-electron chi connectivity index (χ1n) is 8.58. The number of fused-ring (bicyclic) bond motifs is 1. The summed E-state index contributed by atoms with van der Waals surface area (Å²) in [5, 5.41) is 3.01.